The van der Waals surface area contributed by atoms with Crippen molar-refractivity contribution < 1.29 is 18.9 Å². The normalized spacial score (nSPS) is 10.1. The average molecular weight is 398 g/mol. The van der Waals surface area contributed by atoms with E-state index in [-0.39, 0.29) is 28.8 Å². The number of nitro benzene ring substituents is 1. The lowest BCUT2D eigenvalue weighted by Gasteiger charge is -2.06. The number of nitrogens with one attached hydrogen (secondary N) is 1. The third-order valence-electron chi connectivity index (χ3n) is 3.68. The van der Waals surface area contributed by atoms with Crippen LogP contribution in [0.4, 0.5) is 11.4 Å². The van der Waals surface area contributed by atoms with Crippen LogP contribution in [0.5, 0.6) is 5.75 Å². The van der Waals surface area contributed by atoms with E-state index >= 15 is 0 Å². The summed E-state index contributed by atoms with van der Waals surface area (Å²) >= 11 is 5.97. The summed E-state index contributed by atoms with van der Waals surface area (Å²) in [4.78, 5) is 22.6. The van der Waals surface area contributed by atoms with Crippen molar-refractivity contribution in [1.29, 1.82) is 5.26 Å². The van der Waals surface area contributed by atoms with E-state index in [0.29, 0.717) is 17.0 Å². The number of ether oxygens (including phenoxy) is 1. The zero-order valence-electron chi connectivity index (χ0n) is 14.2. The first-order valence-electron chi connectivity index (χ1n) is 7.94. The van der Waals surface area contributed by atoms with Crippen molar-refractivity contribution in [2.24, 2.45) is 0 Å². The van der Waals surface area contributed by atoms with E-state index in [4.69, 9.17) is 26.0 Å². The number of nitrogens with zero attached hydrogens (tertiary/aromatic N) is 2. The van der Waals surface area contributed by atoms with Crippen LogP contribution in [0.1, 0.15) is 21.9 Å². The fourth-order valence-electron chi connectivity index (χ4n) is 2.32. The molecule has 0 unspecified atom stereocenters. The Balaban J connectivity index is 1.68. The number of nitro groups is 1. The standard InChI is InChI=1S/C19H12ClN3O5/c20-15-7-5-13(23(25)26)9-18(15)27-11-14-6-8-17(28-14)19(24)22-16-4-2-1-3-12(16)10-21/h1-9H,11H2,(H,22,24). The smallest absolute Gasteiger partial charge is 0.291 e. The third kappa shape index (κ3) is 4.28. The Morgan fingerprint density at radius 1 is 1.25 bits per heavy atom. The summed E-state index contributed by atoms with van der Waals surface area (Å²) in [5, 5.41) is 22.7. The van der Waals surface area contributed by atoms with Gasteiger partial charge in [-0.3, -0.25) is 14.9 Å². The second kappa shape index (κ2) is 8.24. The largest absolute Gasteiger partial charge is 0.484 e. The van der Waals surface area contributed by atoms with Gasteiger partial charge in [0.1, 0.15) is 24.2 Å². The second-order valence-electron chi connectivity index (χ2n) is 5.54. The number of hydrogen-bond donors (Lipinski definition) is 1. The quantitative estimate of drug-likeness (QED) is 0.481. The van der Waals surface area contributed by atoms with E-state index in [1.54, 1.807) is 24.3 Å². The summed E-state index contributed by atoms with van der Waals surface area (Å²) in [6.45, 7) is -0.0804. The molecule has 0 spiro atoms. The minimum atomic E-state index is -0.558. The molecule has 1 N–H and O–H groups in total. The molecular formula is C19H12ClN3O5. The number of benzene rings is 2. The second-order valence-corrected chi connectivity index (χ2v) is 5.95. The maximum absolute atomic E-state index is 12.3. The Morgan fingerprint density at radius 2 is 2.04 bits per heavy atom. The predicted octanol–water partition coefficient (Wildman–Crippen LogP) is 4.54. The van der Waals surface area contributed by atoms with Crippen molar-refractivity contribution in [1.82, 2.24) is 0 Å². The van der Waals surface area contributed by atoms with E-state index in [0.717, 1.165) is 0 Å². The van der Waals surface area contributed by atoms with E-state index in [2.05, 4.69) is 5.32 Å². The summed E-state index contributed by atoms with van der Waals surface area (Å²) in [5.74, 6) is -0.0543. The van der Waals surface area contributed by atoms with Gasteiger partial charge in [-0.15, -0.1) is 0 Å². The molecule has 0 atom stereocenters. The molecule has 140 valence electrons. The first-order chi connectivity index (χ1) is 13.5. The minimum absolute atomic E-state index is 0.0245. The molecular weight excluding hydrogens is 386 g/mol. The molecule has 0 aliphatic heterocycles. The number of carbonyl (C=O) groups excluding carboxylic acids is 1. The number of carbonyl (C=O) groups is 1. The number of halogens is 1. The first-order valence-corrected chi connectivity index (χ1v) is 8.31. The Bertz CT molecular complexity index is 1090. The Labute approximate surface area is 164 Å². The van der Waals surface area contributed by atoms with Gasteiger partial charge in [-0.2, -0.15) is 5.26 Å². The van der Waals surface area contributed by atoms with Gasteiger partial charge in [0.25, 0.3) is 11.6 Å². The van der Waals surface area contributed by atoms with Gasteiger partial charge in [0.15, 0.2) is 5.76 Å². The van der Waals surface area contributed by atoms with Crippen LogP contribution in [0.2, 0.25) is 5.02 Å². The Morgan fingerprint density at radius 3 is 2.79 bits per heavy atom. The van der Waals surface area contributed by atoms with Crippen LogP contribution in [-0.4, -0.2) is 10.8 Å². The van der Waals surface area contributed by atoms with E-state index in [1.807, 2.05) is 6.07 Å². The van der Waals surface area contributed by atoms with Crippen molar-refractivity contribution in [2.45, 2.75) is 6.61 Å². The summed E-state index contributed by atoms with van der Waals surface area (Å²) in [6, 6.07) is 15.4. The van der Waals surface area contributed by atoms with Crippen LogP contribution in [-0.2, 0) is 6.61 Å². The molecule has 1 aromatic heterocycles. The van der Waals surface area contributed by atoms with Crippen molar-refractivity contribution in [3.8, 4) is 11.8 Å². The molecule has 1 heterocycles. The van der Waals surface area contributed by atoms with E-state index in [9.17, 15) is 14.9 Å². The Kier molecular flexibility index (Phi) is 5.58. The highest BCUT2D eigenvalue weighted by Crippen LogP contribution is 2.29. The number of para-hydroxylation sites is 1. The molecule has 8 nitrogen and oxygen atoms in total. The molecule has 3 rings (SSSR count). The molecule has 0 aliphatic carbocycles. The van der Waals surface area contributed by atoms with Crippen LogP contribution in [0.3, 0.4) is 0 Å². The van der Waals surface area contributed by atoms with Crippen molar-refractivity contribution >= 4 is 28.9 Å². The van der Waals surface area contributed by atoms with Gasteiger partial charge in [0.05, 0.1) is 27.3 Å². The van der Waals surface area contributed by atoms with Crippen LogP contribution >= 0.6 is 11.6 Å². The van der Waals surface area contributed by atoms with Crippen LogP contribution < -0.4 is 10.1 Å². The van der Waals surface area contributed by atoms with Crippen molar-refractivity contribution in [3.05, 3.63) is 86.8 Å². The van der Waals surface area contributed by atoms with Crippen LogP contribution in [0.25, 0.3) is 0 Å². The zero-order chi connectivity index (χ0) is 20.1. The SMILES string of the molecule is N#Cc1ccccc1NC(=O)c1ccc(COc2cc([N+](=O)[O-])ccc2Cl)o1. The van der Waals surface area contributed by atoms with Gasteiger partial charge in [-0.1, -0.05) is 23.7 Å². The number of rotatable bonds is 6. The summed E-state index contributed by atoms with van der Waals surface area (Å²) in [5.41, 5.74) is 0.536. The van der Waals surface area contributed by atoms with Gasteiger partial charge >= 0.3 is 0 Å². The number of nitriles is 1. The lowest BCUT2D eigenvalue weighted by molar-refractivity contribution is -0.384. The maximum atomic E-state index is 12.3. The van der Waals surface area contributed by atoms with Gasteiger partial charge in [0, 0.05) is 6.07 Å². The lowest BCUT2D eigenvalue weighted by atomic mass is 10.2. The van der Waals surface area contributed by atoms with Gasteiger partial charge < -0.3 is 14.5 Å². The summed E-state index contributed by atoms with van der Waals surface area (Å²) in [7, 11) is 0. The number of amides is 1. The highest BCUT2D eigenvalue weighted by Gasteiger charge is 2.15. The molecule has 0 saturated carbocycles. The Hall–Kier alpha value is -3.83. The number of non-ortho nitro benzene ring substituents is 1. The van der Waals surface area contributed by atoms with Crippen molar-refractivity contribution in [2.75, 3.05) is 5.32 Å². The first kappa shape index (κ1) is 18.9. The van der Waals surface area contributed by atoms with Crippen molar-refractivity contribution in [3.63, 3.8) is 0 Å². The number of anilines is 1. The summed E-state index contributed by atoms with van der Waals surface area (Å²) in [6.07, 6.45) is 0. The topological polar surface area (TPSA) is 118 Å². The predicted molar refractivity (Wildman–Crippen MR) is 100 cm³/mol. The van der Waals surface area contributed by atoms with Crippen LogP contribution in [0.15, 0.2) is 59.0 Å². The molecule has 1 amide bonds. The monoisotopic (exact) mass is 397 g/mol. The van der Waals surface area contributed by atoms with E-state index in [1.165, 1.54) is 30.3 Å². The lowest BCUT2D eigenvalue weighted by Crippen LogP contribution is -2.11. The molecule has 9 heteroatoms. The van der Waals surface area contributed by atoms with Gasteiger partial charge in [-0.25, -0.2) is 0 Å². The fraction of sp³-hybridized carbons (Fsp3) is 0.0526. The maximum Gasteiger partial charge on any atom is 0.291 e. The molecule has 0 bridgehead atoms. The fourth-order valence-corrected chi connectivity index (χ4v) is 2.49. The third-order valence-corrected chi connectivity index (χ3v) is 3.99. The molecule has 0 fully saturated rings. The molecule has 0 saturated heterocycles. The highest BCUT2D eigenvalue weighted by molar-refractivity contribution is 6.32. The van der Waals surface area contributed by atoms with Gasteiger partial charge in [-0.05, 0) is 30.3 Å². The van der Waals surface area contributed by atoms with E-state index < -0.39 is 10.8 Å². The number of hydrogen-bond acceptors (Lipinski definition) is 6. The highest BCUT2D eigenvalue weighted by atomic mass is 35.5. The van der Waals surface area contributed by atoms with Crippen LogP contribution in [0, 0.1) is 21.4 Å². The number of furan rings is 1. The molecule has 3 aromatic rings. The average Bonchev–Trinajstić information content (AvgIpc) is 3.17. The molecule has 28 heavy (non-hydrogen) atoms. The van der Waals surface area contributed by atoms with Gasteiger partial charge in [0.2, 0.25) is 0 Å². The molecule has 0 radical (unpaired) electrons. The summed E-state index contributed by atoms with van der Waals surface area (Å²) < 4.78 is 10.9. The zero-order valence-corrected chi connectivity index (χ0v) is 15.0. The molecule has 0 aliphatic rings. The minimum Gasteiger partial charge on any atom is -0.484 e. The molecule has 2 aromatic carbocycles.